The minimum Gasteiger partial charge on any atom is -0.397 e. The summed E-state index contributed by atoms with van der Waals surface area (Å²) < 4.78 is 11.0. The summed E-state index contributed by atoms with van der Waals surface area (Å²) in [6.45, 7) is 4.61. The Morgan fingerprint density at radius 3 is 2.81 bits per heavy atom. The van der Waals surface area contributed by atoms with Gasteiger partial charge in [0.2, 0.25) is 5.78 Å². The summed E-state index contributed by atoms with van der Waals surface area (Å²) in [5.74, 6) is 0.941. The van der Waals surface area contributed by atoms with Gasteiger partial charge in [-0.25, -0.2) is 0 Å². The third-order valence-electron chi connectivity index (χ3n) is 4.33. The first-order valence-corrected chi connectivity index (χ1v) is 11.0. The first-order valence-electron chi connectivity index (χ1n) is 8.44. The van der Waals surface area contributed by atoms with E-state index in [0.29, 0.717) is 16.1 Å². The van der Waals surface area contributed by atoms with Crippen LogP contribution in [0.4, 0.5) is 5.69 Å². The van der Waals surface area contributed by atoms with E-state index in [1.807, 2.05) is 30.3 Å². The van der Waals surface area contributed by atoms with E-state index in [9.17, 15) is 4.79 Å². The van der Waals surface area contributed by atoms with Crippen LogP contribution < -0.4 is 5.73 Å². The Labute approximate surface area is 164 Å². The molecular formula is C18H19N3O2S3. The number of hydrogen-bond donors (Lipinski definition) is 1. The van der Waals surface area contributed by atoms with Gasteiger partial charge >= 0.3 is 0 Å². The molecule has 0 amide bonds. The van der Waals surface area contributed by atoms with E-state index < -0.39 is 0 Å². The molecule has 0 spiro atoms. The highest BCUT2D eigenvalue weighted by Gasteiger charge is 2.22. The van der Waals surface area contributed by atoms with Crippen LogP contribution >= 0.6 is 34.6 Å². The Kier molecular flexibility index (Phi) is 5.56. The second kappa shape index (κ2) is 8.06. The van der Waals surface area contributed by atoms with Gasteiger partial charge in [0.25, 0.3) is 0 Å². The topological polar surface area (TPSA) is 68.5 Å². The highest BCUT2D eigenvalue weighted by atomic mass is 32.2. The molecule has 3 aromatic rings. The van der Waals surface area contributed by atoms with E-state index in [1.54, 1.807) is 11.8 Å². The van der Waals surface area contributed by atoms with Crippen molar-refractivity contribution in [3.05, 3.63) is 40.8 Å². The molecular weight excluding hydrogens is 386 g/mol. The maximum absolute atomic E-state index is 12.8. The number of rotatable bonds is 6. The van der Waals surface area contributed by atoms with Gasteiger partial charge in [-0.05, 0) is 11.5 Å². The normalized spacial score (nSPS) is 15.5. The molecule has 1 aliphatic heterocycles. The van der Waals surface area contributed by atoms with Gasteiger partial charge in [0.05, 0.1) is 24.3 Å². The highest BCUT2D eigenvalue weighted by molar-refractivity contribution is 7.99. The zero-order valence-corrected chi connectivity index (χ0v) is 16.6. The van der Waals surface area contributed by atoms with Crippen molar-refractivity contribution in [1.82, 2.24) is 9.27 Å². The van der Waals surface area contributed by atoms with Crippen LogP contribution in [-0.4, -0.2) is 53.7 Å². The van der Waals surface area contributed by atoms with Gasteiger partial charge in [-0.2, -0.15) is 4.37 Å². The van der Waals surface area contributed by atoms with Crippen molar-refractivity contribution in [2.45, 2.75) is 5.03 Å². The number of ketones is 1. The Hall–Kier alpha value is -1.45. The molecule has 0 bridgehead atoms. The van der Waals surface area contributed by atoms with Gasteiger partial charge in [-0.3, -0.25) is 9.69 Å². The summed E-state index contributed by atoms with van der Waals surface area (Å²) >= 11 is 4.60. The number of aromatic nitrogens is 1. The van der Waals surface area contributed by atoms with Crippen LogP contribution in [0.5, 0.6) is 0 Å². The molecule has 0 aliphatic carbocycles. The third-order valence-corrected chi connectivity index (χ3v) is 7.52. The molecule has 0 saturated carbocycles. The number of nitrogens with zero attached hydrogens (tertiary/aromatic N) is 2. The number of thiophene rings is 1. The van der Waals surface area contributed by atoms with E-state index in [2.05, 4.69) is 9.27 Å². The molecule has 1 fully saturated rings. The average molecular weight is 406 g/mol. The predicted octanol–water partition coefficient (Wildman–Crippen LogP) is 3.60. The smallest absolute Gasteiger partial charge is 0.205 e. The average Bonchev–Trinajstić information content (AvgIpc) is 3.23. The Morgan fingerprint density at radius 1 is 1.27 bits per heavy atom. The Balaban J connectivity index is 1.50. The summed E-state index contributed by atoms with van der Waals surface area (Å²) in [5, 5.41) is 1.89. The zero-order chi connectivity index (χ0) is 17.9. The van der Waals surface area contributed by atoms with E-state index >= 15 is 0 Å². The fraction of sp³-hybridized carbons (Fsp3) is 0.333. The molecule has 4 rings (SSSR count). The summed E-state index contributed by atoms with van der Waals surface area (Å²) in [6.07, 6.45) is 0. The van der Waals surface area contributed by atoms with Crippen LogP contribution in [0.1, 0.15) is 15.2 Å². The lowest BCUT2D eigenvalue weighted by Gasteiger charge is -2.26. The fourth-order valence-electron chi connectivity index (χ4n) is 2.90. The summed E-state index contributed by atoms with van der Waals surface area (Å²) in [5.41, 5.74) is 7.59. The largest absolute Gasteiger partial charge is 0.397 e. The van der Waals surface area contributed by atoms with Crippen molar-refractivity contribution in [2.24, 2.45) is 0 Å². The molecule has 2 N–H and O–H groups in total. The molecule has 3 heterocycles. The maximum atomic E-state index is 12.8. The predicted molar refractivity (Wildman–Crippen MR) is 110 cm³/mol. The molecule has 1 saturated heterocycles. The lowest BCUT2D eigenvalue weighted by molar-refractivity contribution is 0.0410. The zero-order valence-electron chi connectivity index (χ0n) is 14.1. The number of anilines is 1. The van der Waals surface area contributed by atoms with Crippen LogP contribution in [0.25, 0.3) is 9.40 Å². The number of ether oxygens (including phenoxy) is 1. The second-order valence-corrected chi connectivity index (χ2v) is 9.13. The van der Waals surface area contributed by atoms with Crippen molar-refractivity contribution in [3.8, 4) is 0 Å². The monoisotopic (exact) mass is 405 g/mol. The molecule has 1 aromatic carbocycles. The number of morpholine rings is 1. The molecule has 5 nitrogen and oxygen atoms in total. The summed E-state index contributed by atoms with van der Waals surface area (Å²) in [4.78, 5) is 15.8. The minimum atomic E-state index is -0.0132. The fourth-order valence-corrected chi connectivity index (χ4v) is 6.24. The lowest BCUT2D eigenvalue weighted by Crippen LogP contribution is -2.37. The first-order chi connectivity index (χ1) is 12.7. The number of thioether (sulfide) groups is 1. The molecule has 1 aliphatic rings. The van der Waals surface area contributed by atoms with Gasteiger partial charge in [-0.1, -0.05) is 30.3 Å². The molecule has 0 atom stereocenters. The van der Waals surface area contributed by atoms with Crippen LogP contribution in [0.15, 0.2) is 35.4 Å². The Morgan fingerprint density at radius 2 is 2.04 bits per heavy atom. The number of hydrogen-bond acceptors (Lipinski definition) is 8. The van der Waals surface area contributed by atoms with Crippen molar-refractivity contribution in [2.75, 3.05) is 44.3 Å². The van der Waals surface area contributed by atoms with Gasteiger partial charge in [-0.15, -0.1) is 23.1 Å². The third kappa shape index (κ3) is 3.65. The molecule has 0 unspecified atom stereocenters. The van der Waals surface area contributed by atoms with Gasteiger partial charge in [0.1, 0.15) is 13.9 Å². The minimum absolute atomic E-state index is 0.0132. The van der Waals surface area contributed by atoms with E-state index in [1.165, 1.54) is 22.9 Å². The number of carbonyl (C=O) groups excluding carboxylic acids is 1. The quantitative estimate of drug-likeness (QED) is 0.499. The van der Waals surface area contributed by atoms with Gasteiger partial charge < -0.3 is 10.5 Å². The maximum Gasteiger partial charge on any atom is 0.205 e. The van der Waals surface area contributed by atoms with Crippen LogP contribution in [0.3, 0.4) is 0 Å². The molecule has 2 aromatic heterocycles. The number of carbonyl (C=O) groups is 1. The van der Waals surface area contributed by atoms with Crippen molar-refractivity contribution < 1.29 is 9.53 Å². The van der Waals surface area contributed by atoms with Crippen molar-refractivity contribution >= 4 is 55.5 Å². The first kappa shape index (κ1) is 17.9. The van der Waals surface area contributed by atoms with Crippen LogP contribution in [0.2, 0.25) is 0 Å². The molecule has 26 heavy (non-hydrogen) atoms. The standard InChI is InChI=1S/C18H19N3O2S3/c19-14-13-17(24-11-8-21-6-9-23-10-7-21)20-26-18(13)25-16(14)15(22)12-4-2-1-3-5-12/h1-5H,6-11,19H2. The summed E-state index contributed by atoms with van der Waals surface area (Å²) in [6, 6.07) is 9.29. The van der Waals surface area contributed by atoms with Gasteiger partial charge in [0, 0.05) is 31.0 Å². The van der Waals surface area contributed by atoms with Crippen molar-refractivity contribution in [1.29, 1.82) is 0 Å². The SMILES string of the molecule is Nc1c(C(=O)c2ccccc2)sc2snc(SCCN3CCOCC3)c12. The van der Waals surface area contributed by atoms with Crippen LogP contribution in [0, 0.1) is 0 Å². The molecule has 136 valence electrons. The number of nitrogens with two attached hydrogens (primary N) is 1. The number of nitrogen functional groups attached to an aromatic ring is 1. The second-order valence-electron chi connectivity index (χ2n) is 5.99. The van der Waals surface area contributed by atoms with Gasteiger partial charge in [0.15, 0.2) is 0 Å². The lowest BCUT2D eigenvalue weighted by atomic mass is 10.1. The number of benzene rings is 1. The van der Waals surface area contributed by atoms with E-state index in [-0.39, 0.29) is 5.78 Å². The Bertz CT molecular complexity index is 901. The highest BCUT2D eigenvalue weighted by Crippen LogP contribution is 2.42. The van der Waals surface area contributed by atoms with E-state index in [4.69, 9.17) is 10.5 Å². The van der Waals surface area contributed by atoms with Crippen molar-refractivity contribution in [3.63, 3.8) is 0 Å². The number of fused-ring (bicyclic) bond motifs is 1. The van der Waals surface area contributed by atoms with E-state index in [0.717, 1.165) is 53.0 Å². The molecule has 8 heteroatoms. The van der Waals surface area contributed by atoms with Crippen LogP contribution in [-0.2, 0) is 4.74 Å². The molecule has 0 radical (unpaired) electrons. The summed E-state index contributed by atoms with van der Waals surface area (Å²) in [7, 11) is 0.